The van der Waals surface area contributed by atoms with E-state index in [2.05, 4.69) is 0 Å². The normalized spacial score (nSPS) is 10.8. The van der Waals surface area contributed by atoms with Gasteiger partial charge in [-0.25, -0.2) is 0 Å². The Kier molecular flexibility index (Phi) is 5.44. The highest BCUT2D eigenvalue weighted by Gasteiger charge is 2.14. The number of hydrogen-bond acceptors (Lipinski definition) is 4. The zero-order valence-electron chi connectivity index (χ0n) is 14.8. The number of nitrogens with zero attached hydrogens (tertiary/aromatic N) is 1. The Morgan fingerprint density at radius 2 is 1.71 bits per heavy atom. The quantitative estimate of drug-likeness (QED) is 0.764. The predicted molar refractivity (Wildman–Crippen MR) is 93.3 cm³/mol. The van der Waals surface area contributed by atoms with Crippen LogP contribution in [0.25, 0.3) is 0 Å². The molecule has 0 atom stereocenters. The van der Waals surface area contributed by atoms with Crippen molar-refractivity contribution in [3.05, 3.63) is 57.5 Å². The van der Waals surface area contributed by atoms with Gasteiger partial charge in [-0.05, 0) is 45.9 Å². The molecule has 0 aliphatic heterocycles. The summed E-state index contributed by atoms with van der Waals surface area (Å²) < 4.78 is 12.8. The van der Waals surface area contributed by atoms with Crippen LogP contribution in [-0.2, 0) is 6.54 Å². The minimum absolute atomic E-state index is 0.0206. The van der Waals surface area contributed by atoms with Crippen molar-refractivity contribution in [2.45, 2.75) is 40.3 Å². The monoisotopic (exact) mass is 329 g/mol. The van der Waals surface area contributed by atoms with Crippen molar-refractivity contribution >= 4 is 5.78 Å². The van der Waals surface area contributed by atoms with Gasteiger partial charge in [0, 0.05) is 29.1 Å². The molecule has 0 aliphatic rings. The third-order valence-electron chi connectivity index (χ3n) is 3.70. The maximum absolute atomic E-state index is 12.6. The van der Waals surface area contributed by atoms with Crippen molar-refractivity contribution in [1.82, 2.24) is 4.57 Å². The molecule has 1 aromatic heterocycles. The Bertz CT molecular complexity index is 779. The first kappa shape index (κ1) is 17.8. The molecule has 5 heteroatoms. The first-order chi connectivity index (χ1) is 11.3. The molecule has 2 aromatic rings. The average molecular weight is 329 g/mol. The smallest absolute Gasteiger partial charge is 0.182 e. The molecule has 0 radical (unpaired) electrons. The first-order valence-electron chi connectivity index (χ1n) is 7.87. The summed E-state index contributed by atoms with van der Waals surface area (Å²) in [5.74, 6) is 1.09. The summed E-state index contributed by atoms with van der Waals surface area (Å²) in [6, 6.07) is 8.22. The van der Waals surface area contributed by atoms with Gasteiger partial charge in [0.25, 0.3) is 0 Å². The van der Waals surface area contributed by atoms with Gasteiger partial charge in [0.1, 0.15) is 0 Å². The van der Waals surface area contributed by atoms with Gasteiger partial charge in [0.2, 0.25) is 0 Å². The highest BCUT2D eigenvalue weighted by atomic mass is 16.5. The van der Waals surface area contributed by atoms with Crippen LogP contribution in [0.15, 0.2) is 35.1 Å². The van der Waals surface area contributed by atoms with E-state index in [9.17, 15) is 9.59 Å². The lowest BCUT2D eigenvalue weighted by atomic mass is 10.1. The van der Waals surface area contributed by atoms with Crippen LogP contribution in [0.2, 0.25) is 0 Å². The van der Waals surface area contributed by atoms with Crippen LogP contribution in [-0.4, -0.2) is 23.6 Å². The lowest BCUT2D eigenvalue weighted by Gasteiger charge is -2.16. The van der Waals surface area contributed by atoms with Crippen LogP contribution in [0.3, 0.4) is 0 Å². The van der Waals surface area contributed by atoms with E-state index in [0.29, 0.717) is 17.1 Å². The van der Waals surface area contributed by atoms with E-state index in [-0.39, 0.29) is 23.9 Å². The van der Waals surface area contributed by atoms with Crippen molar-refractivity contribution in [2.75, 3.05) is 7.11 Å². The molecule has 5 nitrogen and oxygen atoms in total. The topological polar surface area (TPSA) is 57.5 Å². The number of pyridine rings is 1. The molecule has 0 saturated heterocycles. The van der Waals surface area contributed by atoms with E-state index in [1.807, 2.05) is 32.3 Å². The number of ether oxygens (including phenoxy) is 2. The number of benzene rings is 1. The summed E-state index contributed by atoms with van der Waals surface area (Å²) in [6.07, 6.45) is -0.0206. The van der Waals surface area contributed by atoms with Gasteiger partial charge in [-0.15, -0.1) is 0 Å². The van der Waals surface area contributed by atoms with Gasteiger partial charge in [-0.3, -0.25) is 9.59 Å². The molecule has 2 rings (SSSR count). The molecule has 1 heterocycles. The summed E-state index contributed by atoms with van der Waals surface area (Å²) in [5.41, 5.74) is 2.02. The van der Waals surface area contributed by atoms with Crippen molar-refractivity contribution < 1.29 is 14.3 Å². The number of methoxy groups -OCH3 is 1. The second-order valence-electron chi connectivity index (χ2n) is 6.02. The Morgan fingerprint density at radius 1 is 1.08 bits per heavy atom. The zero-order valence-corrected chi connectivity index (χ0v) is 14.8. The van der Waals surface area contributed by atoms with Gasteiger partial charge in [0.05, 0.1) is 19.8 Å². The number of Topliss-reactive ketones (excluding diaryl/α,β-unsaturated/α-hetero) is 1. The highest BCUT2D eigenvalue weighted by molar-refractivity contribution is 5.96. The predicted octanol–water partition coefficient (Wildman–Crippen LogP) is 3.14. The van der Waals surface area contributed by atoms with E-state index in [4.69, 9.17) is 9.47 Å². The maximum atomic E-state index is 12.6. The lowest BCUT2D eigenvalue weighted by Crippen LogP contribution is -2.18. The molecule has 0 saturated carbocycles. The van der Waals surface area contributed by atoms with Crippen molar-refractivity contribution in [2.24, 2.45) is 0 Å². The highest BCUT2D eigenvalue weighted by Crippen LogP contribution is 2.29. The van der Waals surface area contributed by atoms with Crippen LogP contribution in [0.5, 0.6) is 11.5 Å². The molecule has 0 bridgehead atoms. The van der Waals surface area contributed by atoms with Crippen LogP contribution in [0.4, 0.5) is 0 Å². The fourth-order valence-corrected chi connectivity index (χ4v) is 2.57. The minimum atomic E-state index is -0.0545. The Labute approximate surface area is 141 Å². The fraction of sp³-hybridized carbons (Fsp3) is 0.368. The Balaban J connectivity index is 2.32. The number of aromatic nitrogens is 1. The van der Waals surface area contributed by atoms with E-state index in [1.54, 1.807) is 25.3 Å². The summed E-state index contributed by atoms with van der Waals surface area (Å²) in [7, 11) is 1.57. The maximum Gasteiger partial charge on any atom is 0.182 e. The molecule has 1 aromatic carbocycles. The van der Waals surface area contributed by atoms with Crippen LogP contribution >= 0.6 is 0 Å². The number of hydrogen-bond donors (Lipinski definition) is 0. The Morgan fingerprint density at radius 3 is 2.25 bits per heavy atom. The molecule has 0 N–H and O–H groups in total. The molecular formula is C19H23NO4. The molecule has 0 amide bonds. The Hall–Kier alpha value is -2.56. The number of ketones is 1. The molecule has 128 valence electrons. The van der Waals surface area contributed by atoms with Crippen molar-refractivity contribution in [3.63, 3.8) is 0 Å². The lowest BCUT2D eigenvalue weighted by molar-refractivity contribution is 0.0969. The standard InChI is InChI=1S/C19H23NO4/c1-12(2)24-19-10-15(6-7-18(19)23-5)17(22)11-20-13(3)8-16(21)9-14(20)4/h6-10,12H,11H2,1-5H3. The van der Waals surface area contributed by atoms with Gasteiger partial charge in [0.15, 0.2) is 22.7 Å². The first-order valence-corrected chi connectivity index (χ1v) is 7.87. The van der Waals surface area contributed by atoms with E-state index in [1.165, 1.54) is 12.1 Å². The van der Waals surface area contributed by atoms with Gasteiger partial charge in [-0.1, -0.05) is 0 Å². The zero-order chi connectivity index (χ0) is 17.9. The van der Waals surface area contributed by atoms with Crippen molar-refractivity contribution in [3.8, 4) is 11.5 Å². The third-order valence-corrected chi connectivity index (χ3v) is 3.70. The van der Waals surface area contributed by atoms with Gasteiger partial charge < -0.3 is 14.0 Å². The molecule has 0 spiro atoms. The number of carbonyl (C=O) groups excluding carboxylic acids is 1. The van der Waals surface area contributed by atoms with Crippen LogP contribution in [0.1, 0.15) is 35.6 Å². The largest absolute Gasteiger partial charge is 0.493 e. The van der Waals surface area contributed by atoms with Crippen molar-refractivity contribution in [1.29, 1.82) is 0 Å². The molecule has 0 fully saturated rings. The fourth-order valence-electron chi connectivity index (χ4n) is 2.57. The summed E-state index contributed by atoms with van der Waals surface area (Å²) in [5, 5.41) is 0. The summed E-state index contributed by atoms with van der Waals surface area (Å²) in [6.45, 7) is 7.65. The number of aryl methyl sites for hydroxylation is 2. The van der Waals surface area contributed by atoms with E-state index in [0.717, 1.165) is 11.4 Å². The molecule has 0 unspecified atom stereocenters. The van der Waals surface area contributed by atoms with E-state index < -0.39 is 0 Å². The van der Waals surface area contributed by atoms with Gasteiger partial charge >= 0.3 is 0 Å². The van der Waals surface area contributed by atoms with Crippen LogP contribution in [0, 0.1) is 13.8 Å². The number of carbonyl (C=O) groups is 1. The second-order valence-corrected chi connectivity index (χ2v) is 6.02. The second kappa shape index (κ2) is 7.34. The van der Waals surface area contributed by atoms with E-state index >= 15 is 0 Å². The van der Waals surface area contributed by atoms with Crippen LogP contribution < -0.4 is 14.9 Å². The minimum Gasteiger partial charge on any atom is -0.493 e. The van der Waals surface area contributed by atoms with Gasteiger partial charge in [-0.2, -0.15) is 0 Å². The molecular weight excluding hydrogens is 306 g/mol. The summed E-state index contributed by atoms with van der Waals surface area (Å²) >= 11 is 0. The molecule has 0 aliphatic carbocycles. The SMILES string of the molecule is COc1ccc(C(=O)Cn2c(C)cc(=O)cc2C)cc1OC(C)C. The average Bonchev–Trinajstić information content (AvgIpc) is 2.50. The number of rotatable bonds is 6. The molecule has 24 heavy (non-hydrogen) atoms. The third kappa shape index (κ3) is 4.04. The summed E-state index contributed by atoms with van der Waals surface area (Å²) in [4.78, 5) is 24.2.